The number of hydrogen-bond acceptors (Lipinski definition) is 1. The third kappa shape index (κ3) is 2.23. The van der Waals surface area contributed by atoms with Crippen molar-refractivity contribution in [3.8, 4) is 0 Å². The van der Waals surface area contributed by atoms with Crippen LogP contribution in [0.5, 0.6) is 0 Å². The van der Waals surface area contributed by atoms with Gasteiger partial charge in [-0.1, -0.05) is 59.1 Å². The predicted molar refractivity (Wildman–Crippen MR) is 94.3 cm³/mol. The van der Waals surface area contributed by atoms with Crippen LogP contribution in [0.25, 0.3) is 0 Å². The summed E-state index contributed by atoms with van der Waals surface area (Å²) in [5.41, 5.74) is 3.45. The lowest BCUT2D eigenvalue weighted by molar-refractivity contribution is 0.426. The minimum absolute atomic E-state index is 0.153. The van der Waals surface area contributed by atoms with Crippen LogP contribution in [0, 0.1) is 5.92 Å². The van der Waals surface area contributed by atoms with Crippen molar-refractivity contribution in [1.29, 1.82) is 0 Å². The molecule has 112 valence electrons. The Hall–Kier alpha value is -1.15. The molecule has 1 aliphatic carbocycles. The van der Waals surface area contributed by atoms with Crippen LogP contribution in [0.3, 0.4) is 0 Å². The molecule has 1 nitrogen and oxygen atoms in total. The summed E-state index contributed by atoms with van der Waals surface area (Å²) in [4.78, 5) is 0. The van der Waals surface area contributed by atoms with Crippen LogP contribution in [0.4, 0.5) is 5.69 Å². The summed E-state index contributed by atoms with van der Waals surface area (Å²) in [5.74, 6) is 0.803. The van der Waals surface area contributed by atoms with E-state index in [-0.39, 0.29) is 6.04 Å². The van der Waals surface area contributed by atoms with Gasteiger partial charge >= 0.3 is 0 Å². The summed E-state index contributed by atoms with van der Waals surface area (Å²) < 4.78 is 0. The summed E-state index contributed by atoms with van der Waals surface area (Å²) >= 11 is 18.8. The zero-order valence-electron chi connectivity index (χ0n) is 11.7. The van der Waals surface area contributed by atoms with Crippen molar-refractivity contribution in [1.82, 2.24) is 0 Å². The van der Waals surface area contributed by atoms with E-state index in [0.29, 0.717) is 21.9 Å². The molecule has 2 aliphatic rings. The smallest absolute Gasteiger partial charge is 0.0645 e. The highest BCUT2D eigenvalue weighted by molar-refractivity contribution is 6.42. The second kappa shape index (κ2) is 5.49. The fraction of sp³-hybridized carbons (Fsp3) is 0.222. The number of anilines is 1. The topological polar surface area (TPSA) is 12.0 Å². The Morgan fingerprint density at radius 1 is 1.00 bits per heavy atom. The number of nitrogens with one attached hydrogen (secondary N) is 1. The average molecular weight is 351 g/mol. The molecule has 1 aliphatic heterocycles. The van der Waals surface area contributed by atoms with Gasteiger partial charge < -0.3 is 5.32 Å². The molecule has 2 aromatic carbocycles. The Balaban J connectivity index is 1.83. The minimum atomic E-state index is 0.153. The first-order valence-corrected chi connectivity index (χ1v) is 8.45. The fourth-order valence-electron chi connectivity index (χ4n) is 3.63. The Morgan fingerprint density at radius 3 is 2.73 bits per heavy atom. The van der Waals surface area contributed by atoms with Crippen LogP contribution < -0.4 is 5.32 Å². The Morgan fingerprint density at radius 2 is 1.86 bits per heavy atom. The normalized spacial score (nSPS) is 25.5. The van der Waals surface area contributed by atoms with Crippen LogP contribution in [-0.4, -0.2) is 0 Å². The van der Waals surface area contributed by atoms with Crippen molar-refractivity contribution < 1.29 is 0 Å². The molecule has 0 saturated carbocycles. The maximum absolute atomic E-state index is 6.46. The fourth-order valence-corrected chi connectivity index (χ4v) is 4.24. The monoisotopic (exact) mass is 349 g/mol. The zero-order chi connectivity index (χ0) is 15.3. The predicted octanol–water partition coefficient (Wildman–Crippen LogP) is 6.47. The Kier molecular flexibility index (Phi) is 3.60. The van der Waals surface area contributed by atoms with Gasteiger partial charge in [-0.3, -0.25) is 0 Å². The second-order valence-corrected chi connectivity index (χ2v) is 7.07. The van der Waals surface area contributed by atoms with Gasteiger partial charge in [-0.25, -0.2) is 0 Å². The van der Waals surface area contributed by atoms with E-state index in [2.05, 4.69) is 29.6 Å². The van der Waals surface area contributed by atoms with Crippen LogP contribution in [0.2, 0.25) is 15.1 Å². The third-order valence-electron chi connectivity index (χ3n) is 4.64. The molecule has 0 bridgehead atoms. The lowest BCUT2D eigenvalue weighted by atomic mass is 9.77. The molecule has 4 rings (SSSR count). The molecule has 0 fully saturated rings. The van der Waals surface area contributed by atoms with Crippen LogP contribution in [0.15, 0.2) is 48.6 Å². The standard InChI is InChI=1S/C18H14Cl3N/c19-10-7-8-16-14(9-10)11-3-1-4-12(11)18(22-16)13-5-2-6-15(20)17(13)21/h1-3,5-9,11-12,18,22H,4H2/t11-,12+,18+/m0/s1. The first-order chi connectivity index (χ1) is 10.6. The van der Waals surface area contributed by atoms with E-state index in [1.165, 1.54) is 5.56 Å². The number of allylic oxidation sites excluding steroid dienone is 2. The molecule has 1 N–H and O–H groups in total. The van der Waals surface area contributed by atoms with E-state index in [1.54, 1.807) is 0 Å². The highest BCUT2D eigenvalue weighted by atomic mass is 35.5. The minimum Gasteiger partial charge on any atom is -0.378 e. The lowest BCUT2D eigenvalue weighted by Crippen LogP contribution is -2.29. The summed E-state index contributed by atoms with van der Waals surface area (Å²) in [6.45, 7) is 0. The Bertz CT molecular complexity index is 769. The first kappa shape index (κ1) is 14.4. The van der Waals surface area contributed by atoms with Crippen molar-refractivity contribution >= 4 is 40.5 Å². The van der Waals surface area contributed by atoms with Gasteiger partial charge in [0.05, 0.1) is 16.1 Å². The van der Waals surface area contributed by atoms with E-state index in [1.807, 2.05) is 24.3 Å². The number of fused-ring (bicyclic) bond motifs is 3. The summed E-state index contributed by atoms with van der Waals surface area (Å²) in [6.07, 6.45) is 5.56. The van der Waals surface area contributed by atoms with E-state index in [4.69, 9.17) is 34.8 Å². The van der Waals surface area contributed by atoms with Crippen molar-refractivity contribution in [2.24, 2.45) is 5.92 Å². The van der Waals surface area contributed by atoms with E-state index in [0.717, 1.165) is 22.7 Å². The number of hydrogen-bond donors (Lipinski definition) is 1. The van der Waals surface area contributed by atoms with Crippen molar-refractivity contribution in [2.75, 3.05) is 5.32 Å². The van der Waals surface area contributed by atoms with Crippen LogP contribution >= 0.6 is 34.8 Å². The van der Waals surface area contributed by atoms with Crippen molar-refractivity contribution in [3.63, 3.8) is 0 Å². The highest BCUT2D eigenvalue weighted by Crippen LogP contribution is 2.51. The summed E-state index contributed by atoms with van der Waals surface area (Å²) in [5, 5.41) is 5.66. The maximum atomic E-state index is 6.46. The molecule has 2 aromatic rings. The number of halogens is 3. The molecule has 3 atom stereocenters. The van der Waals surface area contributed by atoms with Gasteiger partial charge in [0.25, 0.3) is 0 Å². The van der Waals surface area contributed by atoms with Gasteiger partial charge in [-0.05, 0) is 47.7 Å². The first-order valence-electron chi connectivity index (χ1n) is 7.31. The van der Waals surface area contributed by atoms with Crippen LogP contribution in [0.1, 0.15) is 29.5 Å². The number of rotatable bonds is 1. The third-order valence-corrected chi connectivity index (χ3v) is 5.71. The molecular formula is C18H14Cl3N. The maximum Gasteiger partial charge on any atom is 0.0645 e. The lowest BCUT2D eigenvalue weighted by Gasteiger charge is -2.38. The molecule has 22 heavy (non-hydrogen) atoms. The van der Waals surface area contributed by atoms with Gasteiger partial charge in [0, 0.05) is 16.6 Å². The van der Waals surface area contributed by atoms with E-state index >= 15 is 0 Å². The molecule has 0 radical (unpaired) electrons. The summed E-state index contributed by atoms with van der Waals surface area (Å²) in [6, 6.07) is 12.0. The molecule has 0 unspecified atom stereocenters. The molecule has 4 heteroatoms. The van der Waals surface area contributed by atoms with Gasteiger partial charge in [0.15, 0.2) is 0 Å². The van der Waals surface area contributed by atoms with Gasteiger partial charge in [-0.15, -0.1) is 0 Å². The molecule has 0 amide bonds. The zero-order valence-corrected chi connectivity index (χ0v) is 14.0. The molecule has 0 saturated heterocycles. The highest BCUT2D eigenvalue weighted by Gasteiger charge is 2.38. The van der Waals surface area contributed by atoms with E-state index in [9.17, 15) is 0 Å². The average Bonchev–Trinajstić information content (AvgIpc) is 2.99. The van der Waals surface area contributed by atoms with Crippen molar-refractivity contribution in [3.05, 3.63) is 74.7 Å². The van der Waals surface area contributed by atoms with Gasteiger partial charge in [-0.2, -0.15) is 0 Å². The SMILES string of the molecule is Clc1ccc2c(c1)[C@H]1C=CC[C@H]1[C@H](c1cccc(Cl)c1Cl)N2. The van der Waals surface area contributed by atoms with Crippen LogP contribution in [-0.2, 0) is 0 Å². The van der Waals surface area contributed by atoms with E-state index < -0.39 is 0 Å². The van der Waals surface area contributed by atoms with Crippen molar-refractivity contribution in [2.45, 2.75) is 18.4 Å². The second-order valence-electron chi connectivity index (χ2n) is 5.85. The van der Waals surface area contributed by atoms with Gasteiger partial charge in [0.2, 0.25) is 0 Å². The molecule has 0 spiro atoms. The molecule has 1 heterocycles. The van der Waals surface area contributed by atoms with Gasteiger partial charge in [0.1, 0.15) is 0 Å². The molecular weight excluding hydrogens is 337 g/mol. The molecule has 0 aromatic heterocycles. The quantitative estimate of drug-likeness (QED) is 0.581. The summed E-state index contributed by atoms with van der Waals surface area (Å²) in [7, 11) is 0. The Labute approximate surface area is 144 Å². The largest absolute Gasteiger partial charge is 0.378 e. The number of benzene rings is 2.